The van der Waals surface area contributed by atoms with E-state index < -0.39 is 0 Å². The molecule has 2 nitrogen and oxygen atoms in total. The Balaban J connectivity index is 2.36. The molecule has 1 aromatic heterocycles. The van der Waals surface area contributed by atoms with Crippen LogP contribution in [-0.4, -0.2) is 11.5 Å². The van der Waals surface area contributed by atoms with Crippen LogP contribution in [0.1, 0.15) is 6.92 Å². The number of nitrogens with zero attached hydrogens (tertiary/aromatic N) is 2. The molecule has 0 fully saturated rings. The summed E-state index contributed by atoms with van der Waals surface area (Å²) >= 11 is 5.86. The Hall–Kier alpha value is -1.61. The van der Waals surface area contributed by atoms with E-state index in [2.05, 4.69) is 4.98 Å². The summed E-state index contributed by atoms with van der Waals surface area (Å²) in [5, 5.41) is 0.447. The van der Waals surface area contributed by atoms with Crippen LogP contribution in [0.25, 0.3) is 0 Å². The summed E-state index contributed by atoms with van der Waals surface area (Å²) in [4.78, 5) is 6.20. The summed E-state index contributed by atoms with van der Waals surface area (Å²) in [6, 6.07) is 11.8. The van der Waals surface area contributed by atoms with E-state index >= 15 is 0 Å². The van der Waals surface area contributed by atoms with Gasteiger partial charge in [0.2, 0.25) is 0 Å². The number of pyridine rings is 1. The van der Waals surface area contributed by atoms with Gasteiger partial charge in [0.15, 0.2) is 0 Å². The first-order chi connectivity index (χ1) is 8.20. The molecule has 0 atom stereocenters. The Bertz CT molecular complexity index is 499. The van der Waals surface area contributed by atoms with E-state index in [9.17, 15) is 4.39 Å². The Labute approximate surface area is 105 Å². The molecule has 88 valence electrons. The van der Waals surface area contributed by atoms with Gasteiger partial charge < -0.3 is 4.90 Å². The normalized spacial score (nSPS) is 10.3. The first-order valence-corrected chi connectivity index (χ1v) is 5.74. The third kappa shape index (κ3) is 2.74. The zero-order valence-corrected chi connectivity index (χ0v) is 10.2. The molecule has 1 aromatic carbocycles. The molecule has 0 aliphatic carbocycles. The Kier molecular flexibility index (Phi) is 3.59. The van der Waals surface area contributed by atoms with E-state index in [1.54, 1.807) is 18.2 Å². The van der Waals surface area contributed by atoms with Crippen molar-refractivity contribution in [3.8, 4) is 0 Å². The lowest BCUT2D eigenvalue weighted by molar-refractivity contribution is 0.628. The van der Waals surface area contributed by atoms with Crippen LogP contribution in [0.15, 0.2) is 42.5 Å². The van der Waals surface area contributed by atoms with Gasteiger partial charge in [-0.25, -0.2) is 9.37 Å². The van der Waals surface area contributed by atoms with Crippen molar-refractivity contribution in [2.24, 2.45) is 0 Å². The molecule has 0 N–H and O–H groups in total. The maximum atomic E-state index is 12.9. The van der Waals surface area contributed by atoms with Crippen LogP contribution in [0.5, 0.6) is 0 Å². The van der Waals surface area contributed by atoms with Crippen molar-refractivity contribution in [1.29, 1.82) is 0 Å². The summed E-state index contributed by atoms with van der Waals surface area (Å²) in [5.74, 6) is 0.510. The molecule has 4 heteroatoms. The van der Waals surface area contributed by atoms with Crippen molar-refractivity contribution < 1.29 is 4.39 Å². The number of benzene rings is 1. The van der Waals surface area contributed by atoms with Crippen molar-refractivity contribution in [2.75, 3.05) is 11.4 Å². The number of anilines is 2. The van der Waals surface area contributed by atoms with Crippen molar-refractivity contribution in [3.63, 3.8) is 0 Å². The van der Waals surface area contributed by atoms with Crippen molar-refractivity contribution in [3.05, 3.63) is 53.4 Å². The average Bonchev–Trinajstić information content (AvgIpc) is 2.33. The van der Waals surface area contributed by atoms with E-state index in [4.69, 9.17) is 11.6 Å². The van der Waals surface area contributed by atoms with Crippen LogP contribution in [0.4, 0.5) is 15.9 Å². The Morgan fingerprint density at radius 2 is 1.88 bits per heavy atom. The zero-order valence-electron chi connectivity index (χ0n) is 9.40. The Morgan fingerprint density at radius 3 is 2.47 bits per heavy atom. The van der Waals surface area contributed by atoms with Crippen LogP contribution in [-0.2, 0) is 0 Å². The lowest BCUT2D eigenvalue weighted by atomic mass is 10.2. The highest BCUT2D eigenvalue weighted by atomic mass is 35.5. The molecule has 0 spiro atoms. The van der Waals surface area contributed by atoms with Crippen LogP contribution >= 0.6 is 11.6 Å². The number of aromatic nitrogens is 1. The van der Waals surface area contributed by atoms with Gasteiger partial charge in [-0.3, -0.25) is 0 Å². The van der Waals surface area contributed by atoms with Gasteiger partial charge >= 0.3 is 0 Å². The van der Waals surface area contributed by atoms with Gasteiger partial charge in [-0.05, 0) is 43.3 Å². The maximum absolute atomic E-state index is 12.9. The van der Waals surface area contributed by atoms with Gasteiger partial charge in [0.1, 0.15) is 16.8 Å². The van der Waals surface area contributed by atoms with Crippen LogP contribution in [0.2, 0.25) is 5.15 Å². The summed E-state index contributed by atoms with van der Waals surface area (Å²) in [6.07, 6.45) is 0. The number of rotatable bonds is 3. The fourth-order valence-corrected chi connectivity index (χ4v) is 1.81. The molecule has 0 unspecified atom stereocenters. The standard InChI is InChI=1S/C13H12ClFN2/c1-2-17(11-8-6-10(15)7-9-11)13-5-3-4-12(14)16-13/h3-9H,2H2,1H3. The Morgan fingerprint density at radius 1 is 1.18 bits per heavy atom. The highest BCUT2D eigenvalue weighted by molar-refractivity contribution is 6.29. The highest BCUT2D eigenvalue weighted by Crippen LogP contribution is 2.24. The molecule has 17 heavy (non-hydrogen) atoms. The monoisotopic (exact) mass is 250 g/mol. The molecular formula is C13H12ClFN2. The average molecular weight is 251 g/mol. The molecule has 0 radical (unpaired) electrons. The van der Waals surface area contributed by atoms with E-state index in [0.29, 0.717) is 5.15 Å². The number of hydrogen-bond donors (Lipinski definition) is 0. The predicted molar refractivity (Wildman–Crippen MR) is 68.3 cm³/mol. The number of hydrogen-bond acceptors (Lipinski definition) is 2. The largest absolute Gasteiger partial charge is 0.327 e. The smallest absolute Gasteiger partial charge is 0.134 e. The minimum atomic E-state index is -0.246. The quantitative estimate of drug-likeness (QED) is 0.765. The fraction of sp³-hybridized carbons (Fsp3) is 0.154. The van der Waals surface area contributed by atoms with Crippen LogP contribution < -0.4 is 4.90 Å². The second kappa shape index (κ2) is 5.15. The first kappa shape index (κ1) is 11.9. The zero-order chi connectivity index (χ0) is 12.3. The van der Waals surface area contributed by atoms with Crippen molar-refractivity contribution in [2.45, 2.75) is 6.92 Å². The third-order valence-electron chi connectivity index (χ3n) is 2.43. The summed E-state index contributed by atoms with van der Waals surface area (Å²) in [5.41, 5.74) is 0.892. The van der Waals surface area contributed by atoms with Gasteiger partial charge in [-0.1, -0.05) is 17.7 Å². The van der Waals surface area contributed by atoms with E-state index in [0.717, 1.165) is 18.1 Å². The minimum absolute atomic E-state index is 0.246. The van der Waals surface area contributed by atoms with Gasteiger partial charge in [0.25, 0.3) is 0 Å². The van der Waals surface area contributed by atoms with E-state index in [1.165, 1.54) is 12.1 Å². The summed E-state index contributed by atoms with van der Waals surface area (Å²) in [7, 11) is 0. The van der Waals surface area contributed by atoms with E-state index in [-0.39, 0.29) is 5.82 Å². The molecule has 0 amide bonds. The second-order valence-electron chi connectivity index (χ2n) is 3.54. The fourth-order valence-electron chi connectivity index (χ4n) is 1.65. The van der Waals surface area contributed by atoms with Gasteiger partial charge in [0.05, 0.1) is 0 Å². The lowest BCUT2D eigenvalue weighted by Gasteiger charge is -2.22. The summed E-state index contributed by atoms with van der Waals surface area (Å²) < 4.78 is 12.9. The molecule has 0 aliphatic heterocycles. The SMILES string of the molecule is CCN(c1ccc(F)cc1)c1cccc(Cl)n1. The molecule has 2 aromatic rings. The molecule has 0 saturated heterocycles. The minimum Gasteiger partial charge on any atom is -0.327 e. The molecule has 0 saturated carbocycles. The second-order valence-corrected chi connectivity index (χ2v) is 3.93. The topological polar surface area (TPSA) is 16.1 Å². The molecular weight excluding hydrogens is 239 g/mol. The number of halogens is 2. The lowest BCUT2D eigenvalue weighted by Crippen LogP contribution is -2.17. The van der Waals surface area contributed by atoms with Crippen molar-refractivity contribution >= 4 is 23.1 Å². The van der Waals surface area contributed by atoms with Crippen molar-refractivity contribution in [1.82, 2.24) is 4.98 Å². The molecule has 0 aliphatic rings. The molecule has 2 rings (SSSR count). The third-order valence-corrected chi connectivity index (χ3v) is 2.64. The van der Waals surface area contributed by atoms with Gasteiger partial charge in [-0.15, -0.1) is 0 Å². The summed E-state index contributed by atoms with van der Waals surface area (Å²) in [6.45, 7) is 2.74. The van der Waals surface area contributed by atoms with E-state index in [1.807, 2.05) is 24.0 Å². The predicted octanol–water partition coefficient (Wildman–Crippen LogP) is 4.03. The van der Waals surface area contributed by atoms with Gasteiger partial charge in [0, 0.05) is 12.2 Å². The first-order valence-electron chi connectivity index (χ1n) is 5.36. The highest BCUT2D eigenvalue weighted by Gasteiger charge is 2.08. The van der Waals surface area contributed by atoms with Gasteiger partial charge in [-0.2, -0.15) is 0 Å². The van der Waals surface area contributed by atoms with Crippen LogP contribution in [0.3, 0.4) is 0 Å². The maximum Gasteiger partial charge on any atom is 0.134 e. The molecule has 1 heterocycles. The molecule has 0 bridgehead atoms. The van der Waals surface area contributed by atoms with Crippen LogP contribution in [0, 0.1) is 5.82 Å².